The summed E-state index contributed by atoms with van der Waals surface area (Å²) in [6, 6.07) is 63.2. The average molecular weight is 679 g/mol. The molecule has 52 heavy (non-hydrogen) atoms. The third kappa shape index (κ3) is 4.15. The van der Waals surface area contributed by atoms with Crippen molar-refractivity contribution in [2.45, 2.75) is 19.3 Å². The Bertz CT molecular complexity index is 3010. The molecule has 0 radical (unpaired) electrons. The summed E-state index contributed by atoms with van der Waals surface area (Å²) in [5.74, 6) is 0. The van der Waals surface area contributed by atoms with Crippen molar-refractivity contribution in [1.29, 1.82) is 0 Å². The predicted molar refractivity (Wildman–Crippen MR) is 226 cm³/mol. The highest BCUT2D eigenvalue weighted by atomic mass is 32.1. The van der Waals surface area contributed by atoms with Crippen LogP contribution in [0.1, 0.15) is 25.0 Å². The second-order valence-electron chi connectivity index (χ2n) is 14.8. The van der Waals surface area contributed by atoms with Crippen LogP contribution in [0.5, 0.6) is 0 Å². The van der Waals surface area contributed by atoms with Gasteiger partial charge in [0.2, 0.25) is 0 Å². The van der Waals surface area contributed by atoms with Crippen LogP contribution in [0.4, 0.5) is 0 Å². The van der Waals surface area contributed by atoms with E-state index in [1.165, 1.54) is 108 Å². The summed E-state index contributed by atoms with van der Waals surface area (Å²) >= 11 is 1.93. The van der Waals surface area contributed by atoms with Crippen molar-refractivity contribution in [2.75, 3.05) is 0 Å². The molecular formula is C51H34S. The molecule has 0 N–H and O–H groups in total. The first-order valence-corrected chi connectivity index (χ1v) is 19.0. The van der Waals surface area contributed by atoms with Gasteiger partial charge in [0.25, 0.3) is 0 Å². The third-order valence-corrected chi connectivity index (χ3v) is 12.7. The molecule has 0 aliphatic heterocycles. The molecule has 9 aromatic carbocycles. The smallest absolute Gasteiger partial charge is 0.0361 e. The second-order valence-corrected chi connectivity index (χ2v) is 15.9. The van der Waals surface area contributed by atoms with E-state index in [2.05, 4.69) is 184 Å². The van der Waals surface area contributed by atoms with E-state index in [4.69, 9.17) is 0 Å². The van der Waals surface area contributed by atoms with Crippen LogP contribution in [0.25, 0.3) is 97.0 Å². The Labute approximate surface area is 307 Å². The minimum atomic E-state index is -0.112. The lowest BCUT2D eigenvalue weighted by molar-refractivity contribution is 0.673. The van der Waals surface area contributed by atoms with Gasteiger partial charge in [0, 0.05) is 25.6 Å². The summed E-state index contributed by atoms with van der Waals surface area (Å²) in [5, 5.41) is 10.6. The van der Waals surface area contributed by atoms with Gasteiger partial charge in [-0.2, -0.15) is 0 Å². The highest BCUT2D eigenvalue weighted by Gasteiger charge is 2.39. The summed E-state index contributed by atoms with van der Waals surface area (Å²) in [6.07, 6.45) is 0. The van der Waals surface area contributed by atoms with Crippen molar-refractivity contribution in [3.63, 3.8) is 0 Å². The van der Waals surface area contributed by atoms with Gasteiger partial charge in [-0.3, -0.25) is 0 Å². The topological polar surface area (TPSA) is 0 Å². The highest BCUT2D eigenvalue weighted by Crippen LogP contribution is 2.56. The van der Waals surface area contributed by atoms with Crippen LogP contribution in [-0.2, 0) is 5.41 Å². The number of rotatable bonds is 3. The summed E-state index contributed by atoms with van der Waals surface area (Å²) in [4.78, 5) is 0. The molecule has 10 aromatic rings. The maximum atomic E-state index is 2.46. The number of hydrogen-bond acceptors (Lipinski definition) is 1. The lowest BCUT2D eigenvalue weighted by Gasteiger charge is -2.24. The van der Waals surface area contributed by atoms with Crippen LogP contribution in [0.3, 0.4) is 0 Å². The maximum Gasteiger partial charge on any atom is 0.0361 e. The first kappa shape index (κ1) is 29.7. The van der Waals surface area contributed by atoms with E-state index in [0.717, 1.165) is 0 Å². The summed E-state index contributed by atoms with van der Waals surface area (Å²) in [7, 11) is 0. The van der Waals surface area contributed by atoms with E-state index >= 15 is 0 Å². The van der Waals surface area contributed by atoms with Crippen molar-refractivity contribution in [2.24, 2.45) is 0 Å². The Morgan fingerprint density at radius 2 is 0.885 bits per heavy atom. The highest BCUT2D eigenvalue weighted by molar-refractivity contribution is 7.25. The van der Waals surface area contributed by atoms with Crippen molar-refractivity contribution in [1.82, 2.24) is 0 Å². The quantitative estimate of drug-likeness (QED) is 0.163. The normalized spacial score (nSPS) is 13.3. The van der Waals surface area contributed by atoms with Crippen molar-refractivity contribution in [3.8, 4) is 44.5 Å². The SMILES string of the molecule is CC1(C)c2c(ccc3ccccc23)-c2ccc3sc4cc(-c5c6ccccc6c(-c6ccc(-c7ccccc7)cc6)c6ccccc56)ccc4c3c21. The number of fused-ring (bicyclic) bond motifs is 11. The molecule has 0 saturated heterocycles. The zero-order valence-electron chi connectivity index (χ0n) is 29.1. The predicted octanol–water partition coefficient (Wildman–Crippen LogP) is 14.8. The Balaban J connectivity index is 1.11. The molecule has 1 heteroatoms. The third-order valence-electron chi connectivity index (χ3n) is 11.6. The van der Waals surface area contributed by atoms with E-state index in [1.54, 1.807) is 0 Å². The van der Waals surface area contributed by atoms with Gasteiger partial charge >= 0.3 is 0 Å². The van der Waals surface area contributed by atoms with Crippen molar-refractivity contribution >= 4 is 63.8 Å². The van der Waals surface area contributed by atoms with Gasteiger partial charge in [-0.05, 0) is 100 Å². The van der Waals surface area contributed by atoms with Gasteiger partial charge in [0.15, 0.2) is 0 Å². The summed E-state index contributed by atoms with van der Waals surface area (Å²) < 4.78 is 2.70. The molecule has 244 valence electrons. The Kier molecular flexibility index (Phi) is 6.27. The number of hydrogen-bond donors (Lipinski definition) is 0. The van der Waals surface area contributed by atoms with Crippen LogP contribution in [0.2, 0.25) is 0 Å². The molecule has 0 amide bonds. The summed E-state index contributed by atoms with van der Waals surface area (Å²) in [5.41, 5.74) is 13.1. The molecule has 1 aliphatic rings. The van der Waals surface area contributed by atoms with Crippen LogP contribution in [0, 0.1) is 0 Å². The zero-order chi connectivity index (χ0) is 34.6. The molecule has 0 nitrogen and oxygen atoms in total. The van der Waals surface area contributed by atoms with E-state index in [9.17, 15) is 0 Å². The van der Waals surface area contributed by atoms with Crippen LogP contribution < -0.4 is 0 Å². The van der Waals surface area contributed by atoms with Crippen LogP contribution in [0.15, 0.2) is 170 Å². The van der Waals surface area contributed by atoms with E-state index < -0.39 is 0 Å². The Morgan fingerprint density at radius 3 is 1.58 bits per heavy atom. The molecule has 0 bridgehead atoms. The first-order chi connectivity index (χ1) is 25.6. The first-order valence-electron chi connectivity index (χ1n) is 18.2. The Morgan fingerprint density at radius 1 is 0.365 bits per heavy atom. The van der Waals surface area contributed by atoms with E-state index in [-0.39, 0.29) is 5.41 Å². The van der Waals surface area contributed by atoms with Crippen LogP contribution >= 0.6 is 11.3 Å². The molecule has 0 fully saturated rings. The monoisotopic (exact) mass is 678 g/mol. The van der Waals surface area contributed by atoms with Crippen LogP contribution in [-0.4, -0.2) is 0 Å². The van der Waals surface area contributed by atoms with Gasteiger partial charge in [-0.1, -0.05) is 172 Å². The fourth-order valence-corrected chi connectivity index (χ4v) is 10.6. The minimum Gasteiger partial charge on any atom is -0.135 e. The summed E-state index contributed by atoms with van der Waals surface area (Å²) in [6.45, 7) is 4.85. The molecule has 11 rings (SSSR count). The number of benzene rings is 9. The molecule has 0 unspecified atom stereocenters. The van der Waals surface area contributed by atoms with Gasteiger partial charge in [0.05, 0.1) is 0 Å². The average Bonchev–Trinajstić information content (AvgIpc) is 3.68. The second kappa shape index (κ2) is 11.0. The molecule has 1 aliphatic carbocycles. The molecule has 0 spiro atoms. The van der Waals surface area contributed by atoms with Crippen molar-refractivity contribution < 1.29 is 0 Å². The molecular weight excluding hydrogens is 645 g/mol. The molecule has 1 heterocycles. The maximum absolute atomic E-state index is 2.46. The number of thiophene rings is 1. The van der Waals surface area contributed by atoms with E-state index in [1.807, 2.05) is 11.3 Å². The Hall–Kier alpha value is -6.02. The van der Waals surface area contributed by atoms with Gasteiger partial charge < -0.3 is 0 Å². The zero-order valence-corrected chi connectivity index (χ0v) is 29.9. The van der Waals surface area contributed by atoms with Gasteiger partial charge in [-0.25, -0.2) is 0 Å². The molecule has 1 aromatic heterocycles. The van der Waals surface area contributed by atoms with E-state index in [0.29, 0.717) is 0 Å². The molecule has 0 atom stereocenters. The molecule has 0 saturated carbocycles. The fraction of sp³-hybridized carbons (Fsp3) is 0.0588. The van der Waals surface area contributed by atoms with Gasteiger partial charge in [0.1, 0.15) is 0 Å². The lowest BCUT2D eigenvalue weighted by atomic mass is 9.78. The standard InChI is InChI=1S/C51H34S/c1-51(2)49-36-15-7-6-14-33(36)24-26-41(49)42-28-29-44-48(50(42)51)43-27-25-35(30-45(43)52-44)47-39-18-10-8-16-37(39)46(38-17-9-11-19-40(38)47)34-22-20-32(21-23-34)31-12-4-3-5-13-31/h3-30H,1-2H3. The largest absolute Gasteiger partial charge is 0.135 e. The lowest BCUT2D eigenvalue weighted by Crippen LogP contribution is -2.16. The van der Waals surface area contributed by atoms with Crippen molar-refractivity contribution in [3.05, 3.63) is 181 Å². The fourth-order valence-electron chi connectivity index (χ4n) is 9.40. The minimum absolute atomic E-state index is 0.112. The van der Waals surface area contributed by atoms with Gasteiger partial charge in [-0.15, -0.1) is 11.3 Å².